The van der Waals surface area contributed by atoms with E-state index >= 15 is 0 Å². The molecular weight excluding hydrogens is 242 g/mol. The third-order valence-corrected chi connectivity index (χ3v) is 3.16. The van der Waals surface area contributed by atoms with Crippen LogP contribution in [0.5, 0.6) is 0 Å². The number of carbonyl (C=O) groups is 2. The monoisotopic (exact) mass is 261 g/mol. The Labute approximate surface area is 113 Å². The van der Waals surface area contributed by atoms with E-state index in [-0.39, 0.29) is 17.8 Å². The van der Waals surface area contributed by atoms with Gasteiger partial charge in [0.05, 0.1) is 5.92 Å². The molecule has 1 fully saturated rings. The van der Waals surface area contributed by atoms with E-state index in [4.69, 9.17) is 4.74 Å². The number of benzene rings is 1. The summed E-state index contributed by atoms with van der Waals surface area (Å²) in [5, 5.41) is 2.77. The van der Waals surface area contributed by atoms with E-state index in [0.29, 0.717) is 6.54 Å². The molecular formula is C15H19NO3. The van der Waals surface area contributed by atoms with E-state index in [0.717, 1.165) is 18.4 Å². The van der Waals surface area contributed by atoms with Gasteiger partial charge in [-0.3, -0.25) is 9.59 Å². The van der Waals surface area contributed by atoms with Gasteiger partial charge in [-0.2, -0.15) is 0 Å². The molecule has 4 nitrogen and oxygen atoms in total. The first-order valence-corrected chi connectivity index (χ1v) is 6.60. The zero-order chi connectivity index (χ0) is 13.8. The fraction of sp³-hybridized carbons (Fsp3) is 0.467. The van der Waals surface area contributed by atoms with Gasteiger partial charge in [-0.15, -0.1) is 0 Å². The van der Waals surface area contributed by atoms with Crippen molar-refractivity contribution in [3.63, 3.8) is 0 Å². The molecule has 102 valence electrons. The van der Waals surface area contributed by atoms with Crippen molar-refractivity contribution in [2.24, 2.45) is 5.92 Å². The molecule has 0 bridgehead atoms. The molecule has 1 N–H and O–H groups in total. The lowest BCUT2D eigenvalue weighted by molar-refractivity contribution is -0.156. The molecule has 0 saturated heterocycles. The van der Waals surface area contributed by atoms with Crippen LogP contribution in [0.4, 0.5) is 0 Å². The van der Waals surface area contributed by atoms with Gasteiger partial charge in [0.1, 0.15) is 0 Å². The van der Waals surface area contributed by atoms with Crippen LogP contribution in [0.15, 0.2) is 24.3 Å². The Bertz CT molecular complexity index is 463. The molecule has 19 heavy (non-hydrogen) atoms. The molecule has 0 aromatic heterocycles. The first-order chi connectivity index (χ1) is 9.06. The van der Waals surface area contributed by atoms with E-state index in [2.05, 4.69) is 5.32 Å². The summed E-state index contributed by atoms with van der Waals surface area (Å²) in [4.78, 5) is 23.2. The van der Waals surface area contributed by atoms with Gasteiger partial charge in [-0.25, -0.2) is 0 Å². The summed E-state index contributed by atoms with van der Waals surface area (Å²) in [6.45, 7) is 4.07. The van der Waals surface area contributed by atoms with Gasteiger partial charge < -0.3 is 10.1 Å². The summed E-state index contributed by atoms with van der Waals surface area (Å²) in [5.41, 5.74) is 2.21. The molecule has 0 aliphatic heterocycles. The zero-order valence-corrected chi connectivity index (χ0v) is 11.3. The van der Waals surface area contributed by atoms with Crippen molar-refractivity contribution in [1.82, 2.24) is 5.32 Å². The number of rotatable bonds is 5. The molecule has 4 heteroatoms. The van der Waals surface area contributed by atoms with Crippen molar-refractivity contribution in [1.29, 1.82) is 0 Å². The quantitative estimate of drug-likeness (QED) is 0.824. The average molecular weight is 261 g/mol. The van der Waals surface area contributed by atoms with Crippen LogP contribution in [0.25, 0.3) is 0 Å². The SMILES string of the molecule is Cc1ccc(CNC(=O)[C@H](C)OC(=O)C2CC2)cc1. The van der Waals surface area contributed by atoms with Crippen LogP contribution in [0.1, 0.15) is 30.9 Å². The number of ether oxygens (including phenoxy) is 1. The third kappa shape index (κ3) is 4.09. The normalized spacial score (nSPS) is 15.7. The summed E-state index contributed by atoms with van der Waals surface area (Å²) in [5.74, 6) is -0.486. The van der Waals surface area contributed by atoms with Gasteiger partial charge in [0.2, 0.25) is 0 Å². The van der Waals surface area contributed by atoms with Gasteiger partial charge in [0, 0.05) is 6.54 Å². The molecule has 1 aromatic carbocycles. The van der Waals surface area contributed by atoms with Crippen LogP contribution in [-0.4, -0.2) is 18.0 Å². The second-order valence-electron chi connectivity index (χ2n) is 5.06. The first-order valence-electron chi connectivity index (χ1n) is 6.60. The predicted octanol–water partition coefficient (Wildman–Crippen LogP) is 1.95. The topological polar surface area (TPSA) is 55.4 Å². The highest BCUT2D eigenvalue weighted by Crippen LogP contribution is 2.30. The Hall–Kier alpha value is -1.84. The Morgan fingerprint density at radius 2 is 1.95 bits per heavy atom. The van der Waals surface area contributed by atoms with Crippen molar-refractivity contribution in [3.8, 4) is 0 Å². The molecule has 1 aliphatic rings. The molecule has 1 saturated carbocycles. The fourth-order valence-electron chi connectivity index (χ4n) is 1.68. The standard InChI is InChI=1S/C15H19NO3/c1-10-3-5-12(6-4-10)9-16-14(17)11(2)19-15(18)13-7-8-13/h3-6,11,13H,7-9H2,1-2H3,(H,16,17)/t11-/m0/s1. The number of hydrogen-bond donors (Lipinski definition) is 1. The number of amides is 1. The molecule has 0 spiro atoms. The highest BCUT2D eigenvalue weighted by molar-refractivity contribution is 5.84. The van der Waals surface area contributed by atoms with Crippen molar-refractivity contribution < 1.29 is 14.3 Å². The fourth-order valence-corrected chi connectivity index (χ4v) is 1.68. The van der Waals surface area contributed by atoms with Gasteiger partial charge in [-0.1, -0.05) is 29.8 Å². The zero-order valence-electron chi connectivity index (χ0n) is 11.3. The average Bonchev–Trinajstić information content (AvgIpc) is 3.21. The molecule has 0 heterocycles. The Balaban J connectivity index is 1.76. The Morgan fingerprint density at radius 3 is 2.53 bits per heavy atom. The van der Waals surface area contributed by atoms with Crippen molar-refractivity contribution in [3.05, 3.63) is 35.4 Å². The predicted molar refractivity (Wildman–Crippen MR) is 71.3 cm³/mol. The minimum absolute atomic E-state index is 0.0207. The van der Waals surface area contributed by atoms with Crippen LogP contribution in [0.3, 0.4) is 0 Å². The number of nitrogens with one attached hydrogen (secondary N) is 1. The second-order valence-corrected chi connectivity index (χ2v) is 5.06. The minimum Gasteiger partial charge on any atom is -0.452 e. The van der Waals surface area contributed by atoms with E-state index < -0.39 is 6.10 Å². The highest BCUT2D eigenvalue weighted by Gasteiger charge is 2.33. The van der Waals surface area contributed by atoms with Crippen molar-refractivity contribution in [2.45, 2.75) is 39.3 Å². The highest BCUT2D eigenvalue weighted by atomic mass is 16.5. The molecule has 2 rings (SSSR count). The molecule has 1 aliphatic carbocycles. The number of hydrogen-bond acceptors (Lipinski definition) is 3. The lowest BCUT2D eigenvalue weighted by Gasteiger charge is -2.13. The number of aryl methyl sites for hydroxylation is 1. The number of esters is 1. The van der Waals surface area contributed by atoms with E-state index in [1.54, 1.807) is 6.92 Å². The smallest absolute Gasteiger partial charge is 0.309 e. The number of carbonyl (C=O) groups excluding carboxylic acids is 2. The molecule has 0 radical (unpaired) electrons. The lowest BCUT2D eigenvalue weighted by Crippen LogP contribution is -2.35. The van der Waals surface area contributed by atoms with Gasteiger partial charge in [0.25, 0.3) is 5.91 Å². The van der Waals surface area contributed by atoms with E-state index in [9.17, 15) is 9.59 Å². The molecule has 0 unspecified atom stereocenters. The maximum atomic E-state index is 11.8. The lowest BCUT2D eigenvalue weighted by atomic mass is 10.1. The summed E-state index contributed by atoms with van der Waals surface area (Å²) in [6, 6.07) is 7.93. The maximum absolute atomic E-state index is 11.8. The molecule has 1 atom stereocenters. The molecule has 1 aromatic rings. The van der Waals surface area contributed by atoms with Gasteiger partial charge in [0.15, 0.2) is 6.10 Å². The Morgan fingerprint density at radius 1 is 1.32 bits per heavy atom. The first kappa shape index (κ1) is 13.6. The van der Waals surface area contributed by atoms with Crippen LogP contribution in [0.2, 0.25) is 0 Å². The second kappa shape index (κ2) is 5.87. The minimum atomic E-state index is -0.724. The van der Waals surface area contributed by atoms with Gasteiger partial charge in [-0.05, 0) is 32.3 Å². The van der Waals surface area contributed by atoms with E-state index in [1.807, 2.05) is 31.2 Å². The van der Waals surface area contributed by atoms with Crippen molar-refractivity contribution >= 4 is 11.9 Å². The largest absolute Gasteiger partial charge is 0.452 e. The van der Waals surface area contributed by atoms with Crippen LogP contribution >= 0.6 is 0 Å². The summed E-state index contributed by atoms with van der Waals surface area (Å²) < 4.78 is 5.09. The summed E-state index contributed by atoms with van der Waals surface area (Å²) in [7, 11) is 0. The van der Waals surface area contributed by atoms with Crippen LogP contribution < -0.4 is 5.32 Å². The van der Waals surface area contributed by atoms with Gasteiger partial charge >= 0.3 is 5.97 Å². The van der Waals surface area contributed by atoms with E-state index in [1.165, 1.54) is 5.56 Å². The third-order valence-electron chi connectivity index (χ3n) is 3.16. The Kier molecular flexibility index (Phi) is 4.20. The summed E-state index contributed by atoms with van der Waals surface area (Å²) in [6.07, 6.45) is 1.05. The van der Waals surface area contributed by atoms with Crippen molar-refractivity contribution in [2.75, 3.05) is 0 Å². The van der Waals surface area contributed by atoms with Crippen LogP contribution in [0, 0.1) is 12.8 Å². The summed E-state index contributed by atoms with van der Waals surface area (Å²) >= 11 is 0. The molecule has 1 amide bonds. The van der Waals surface area contributed by atoms with Crippen LogP contribution in [-0.2, 0) is 20.9 Å². The maximum Gasteiger partial charge on any atom is 0.309 e.